The first-order valence-electron chi connectivity index (χ1n) is 17.2. The molecule has 15 nitrogen and oxygen atoms in total. The number of ether oxygens (including phenoxy) is 1. The predicted molar refractivity (Wildman–Crippen MR) is 194 cm³/mol. The number of amides is 3. The fourth-order valence-corrected chi connectivity index (χ4v) is 5.48. The van der Waals surface area contributed by atoms with Crippen LogP contribution in [0.15, 0.2) is 52.0 Å². The van der Waals surface area contributed by atoms with Gasteiger partial charge >= 0.3 is 6.09 Å². The Kier molecular flexibility index (Phi) is 15.2. The molecule has 10 N–H and O–H groups in total. The summed E-state index contributed by atoms with van der Waals surface area (Å²) in [4.78, 5) is 49.4. The van der Waals surface area contributed by atoms with Gasteiger partial charge in [-0.2, -0.15) is 4.98 Å². The SMILES string of the molecule is Cc1cc(O)cc(C)c1C[C@H](NC(=O)[C@@H](CCCN=C(N)N)NC(=O)OC(C)(C)C)C(=O)N[C@@H](CCCCN)c1nc(Cc2ccccc2)no1. The molecule has 3 atom stereocenters. The van der Waals surface area contributed by atoms with Gasteiger partial charge in [0, 0.05) is 19.4 Å². The van der Waals surface area contributed by atoms with Crippen molar-refractivity contribution in [2.24, 2.45) is 22.2 Å². The maximum atomic E-state index is 14.2. The number of aliphatic imine (C=N–C) groups is 1. The number of carbonyl (C=O) groups excluding carboxylic acids is 3. The van der Waals surface area contributed by atoms with E-state index < -0.39 is 41.6 Å². The number of rotatable bonds is 18. The highest BCUT2D eigenvalue weighted by Crippen LogP contribution is 2.24. The summed E-state index contributed by atoms with van der Waals surface area (Å²) in [6, 6.07) is 10.0. The molecule has 1 aromatic heterocycles. The van der Waals surface area contributed by atoms with Gasteiger partial charge in [0.2, 0.25) is 17.7 Å². The van der Waals surface area contributed by atoms with Crippen molar-refractivity contribution in [2.45, 2.75) is 103 Å². The van der Waals surface area contributed by atoms with Gasteiger partial charge in [0.25, 0.3) is 0 Å². The lowest BCUT2D eigenvalue weighted by Crippen LogP contribution is -2.55. The molecule has 0 saturated carbocycles. The van der Waals surface area contributed by atoms with Gasteiger partial charge < -0.3 is 47.5 Å². The molecule has 0 fully saturated rings. The average molecular weight is 708 g/mol. The van der Waals surface area contributed by atoms with E-state index in [1.807, 2.05) is 44.2 Å². The van der Waals surface area contributed by atoms with E-state index in [4.69, 9.17) is 26.5 Å². The Morgan fingerprint density at radius 3 is 2.24 bits per heavy atom. The number of phenols is 1. The van der Waals surface area contributed by atoms with E-state index in [2.05, 4.69) is 31.1 Å². The Morgan fingerprint density at radius 2 is 1.61 bits per heavy atom. The summed E-state index contributed by atoms with van der Waals surface area (Å²) < 4.78 is 11.1. The van der Waals surface area contributed by atoms with Gasteiger partial charge in [0.15, 0.2) is 11.8 Å². The molecule has 0 bridgehead atoms. The lowest BCUT2D eigenvalue weighted by Gasteiger charge is -2.27. The Hall–Kier alpha value is -5.18. The van der Waals surface area contributed by atoms with E-state index >= 15 is 0 Å². The third-order valence-electron chi connectivity index (χ3n) is 7.93. The van der Waals surface area contributed by atoms with Crippen LogP contribution in [0.3, 0.4) is 0 Å². The average Bonchev–Trinajstić information content (AvgIpc) is 3.50. The third-order valence-corrected chi connectivity index (χ3v) is 7.93. The second-order valence-electron chi connectivity index (χ2n) is 13.5. The Morgan fingerprint density at radius 1 is 0.941 bits per heavy atom. The number of hydrogen-bond acceptors (Lipinski definition) is 10. The molecule has 0 aliphatic rings. The molecule has 0 aliphatic carbocycles. The minimum absolute atomic E-state index is 0.0846. The van der Waals surface area contributed by atoms with Crippen LogP contribution in [0.2, 0.25) is 0 Å². The first-order valence-corrected chi connectivity index (χ1v) is 17.2. The van der Waals surface area contributed by atoms with Gasteiger partial charge in [-0.1, -0.05) is 35.5 Å². The van der Waals surface area contributed by atoms with Crippen LogP contribution < -0.4 is 33.2 Å². The quantitative estimate of drug-likeness (QED) is 0.0575. The fraction of sp³-hybridized carbons (Fsp3) is 0.500. The maximum absolute atomic E-state index is 14.2. The summed E-state index contributed by atoms with van der Waals surface area (Å²) in [6.07, 6.45) is 2.08. The molecule has 0 aliphatic heterocycles. The Balaban J connectivity index is 1.92. The normalized spacial score (nSPS) is 13.1. The van der Waals surface area contributed by atoms with E-state index in [1.165, 1.54) is 0 Å². The number of aryl methyl sites for hydroxylation is 2. The zero-order chi connectivity index (χ0) is 37.6. The molecule has 51 heavy (non-hydrogen) atoms. The maximum Gasteiger partial charge on any atom is 0.408 e. The van der Waals surface area contributed by atoms with E-state index in [9.17, 15) is 19.5 Å². The summed E-state index contributed by atoms with van der Waals surface area (Å²) in [7, 11) is 0. The number of nitrogens with two attached hydrogens (primary N) is 3. The highest BCUT2D eigenvalue weighted by atomic mass is 16.6. The van der Waals surface area contributed by atoms with Crippen molar-refractivity contribution in [2.75, 3.05) is 13.1 Å². The third kappa shape index (κ3) is 13.9. The lowest BCUT2D eigenvalue weighted by molar-refractivity contribution is -0.130. The van der Waals surface area contributed by atoms with Crippen molar-refractivity contribution in [3.05, 3.63) is 76.4 Å². The van der Waals surface area contributed by atoms with E-state index in [-0.39, 0.29) is 37.0 Å². The van der Waals surface area contributed by atoms with Gasteiger partial charge in [0.05, 0.1) is 0 Å². The molecular formula is C36H53N9O6. The monoisotopic (exact) mass is 707 g/mol. The van der Waals surface area contributed by atoms with Gasteiger partial charge in [-0.25, -0.2) is 4.79 Å². The molecular weight excluding hydrogens is 654 g/mol. The van der Waals surface area contributed by atoms with Crippen molar-refractivity contribution in [1.29, 1.82) is 0 Å². The number of phenolic OH excluding ortho intramolecular Hbond substituents is 1. The predicted octanol–water partition coefficient (Wildman–Crippen LogP) is 2.94. The number of aromatic hydroxyl groups is 1. The lowest BCUT2D eigenvalue weighted by atomic mass is 9.95. The van der Waals surface area contributed by atoms with Crippen LogP contribution in [0.25, 0.3) is 0 Å². The summed E-state index contributed by atoms with van der Waals surface area (Å²) in [5, 5.41) is 22.8. The summed E-state index contributed by atoms with van der Waals surface area (Å²) in [6.45, 7) is 9.45. The van der Waals surface area contributed by atoms with Crippen LogP contribution in [-0.4, -0.2) is 69.9 Å². The Bertz CT molecular complexity index is 1590. The zero-order valence-electron chi connectivity index (χ0n) is 30.2. The molecule has 0 saturated heterocycles. The largest absolute Gasteiger partial charge is 0.508 e. The van der Waals surface area contributed by atoms with Crippen LogP contribution in [0.4, 0.5) is 4.79 Å². The number of alkyl carbamates (subject to hydrolysis) is 1. The molecule has 278 valence electrons. The summed E-state index contributed by atoms with van der Waals surface area (Å²) in [5.74, 6) is -0.427. The molecule has 3 rings (SSSR count). The van der Waals surface area contributed by atoms with Crippen molar-refractivity contribution >= 4 is 23.9 Å². The standard InChI is InChI=1S/C36H53N9O6/c1-22-18-25(46)19-23(2)26(22)21-29(42-31(47)27(15-11-17-40-34(38)39)43-35(49)50-36(3,4)5)32(48)41-28(14-9-10-16-37)33-44-30(45-51-33)20-24-12-7-6-8-13-24/h6-8,12-13,18-19,27-29,46H,9-11,14-17,20-21,37H2,1-5H3,(H,41,48)(H,42,47)(H,43,49)(H4,38,39,40)/t27-,28+,29+/m1/s1. The number of benzene rings is 2. The smallest absolute Gasteiger partial charge is 0.408 e. The second kappa shape index (κ2) is 19.3. The second-order valence-corrected chi connectivity index (χ2v) is 13.5. The number of hydrogen-bond donors (Lipinski definition) is 7. The molecule has 15 heteroatoms. The molecule has 3 aromatic rings. The minimum atomic E-state index is -1.11. The van der Waals surface area contributed by atoms with Crippen LogP contribution in [-0.2, 0) is 27.2 Å². The van der Waals surface area contributed by atoms with Crippen molar-refractivity contribution in [1.82, 2.24) is 26.1 Å². The van der Waals surface area contributed by atoms with Crippen LogP contribution in [0.1, 0.15) is 92.9 Å². The zero-order valence-corrected chi connectivity index (χ0v) is 30.2. The molecule has 0 spiro atoms. The number of aromatic nitrogens is 2. The molecule has 0 radical (unpaired) electrons. The first kappa shape index (κ1) is 40.3. The van der Waals surface area contributed by atoms with Crippen molar-refractivity contribution in [3.8, 4) is 5.75 Å². The van der Waals surface area contributed by atoms with Crippen LogP contribution in [0, 0.1) is 13.8 Å². The van der Waals surface area contributed by atoms with Gasteiger partial charge in [0.1, 0.15) is 29.5 Å². The van der Waals surface area contributed by atoms with Gasteiger partial charge in [-0.15, -0.1) is 0 Å². The number of nitrogens with one attached hydrogen (secondary N) is 3. The van der Waals surface area contributed by atoms with Gasteiger partial charge in [-0.3, -0.25) is 14.6 Å². The van der Waals surface area contributed by atoms with Crippen LogP contribution in [0.5, 0.6) is 5.75 Å². The first-order chi connectivity index (χ1) is 24.1. The topological polar surface area (TPSA) is 246 Å². The number of carbonyl (C=O) groups is 3. The van der Waals surface area contributed by atoms with Crippen molar-refractivity contribution < 1.29 is 28.8 Å². The van der Waals surface area contributed by atoms with Crippen LogP contribution >= 0.6 is 0 Å². The Labute approximate surface area is 299 Å². The van der Waals surface area contributed by atoms with E-state index in [1.54, 1.807) is 32.9 Å². The van der Waals surface area contributed by atoms with Crippen molar-refractivity contribution in [3.63, 3.8) is 0 Å². The van der Waals surface area contributed by atoms with E-state index in [0.29, 0.717) is 44.5 Å². The summed E-state index contributed by atoms with van der Waals surface area (Å²) >= 11 is 0. The highest BCUT2D eigenvalue weighted by molar-refractivity contribution is 5.91. The molecule has 3 amide bonds. The molecule has 1 heterocycles. The highest BCUT2D eigenvalue weighted by Gasteiger charge is 2.31. The molecule has 0 unspecified atom stereocenters. The number of guanidine groups is 1. The fourth-order valence-electron chi connectivity index (χ4n) is 5.48. The number of nitrogens with zero attached hydrogens (tertiary/aromatic N) is 3. The minimum Gasteiger partial charge on any atom is -0.508 e. The molecule has 2 aromatic carbocycles. The van der Waals surface area contributed by atoms with E-state index in [0.717, 1.165) is 22.3 Å². The summed E-state index contributed by atoms with van der Waals surface area (Å²) in [5.41, 5.74) is 19.1. The van der Waals surface area contributed by atoms with Gasteiger partial charge in [-0.05, 0) is 108 Å². The number of unbranched alkanes of at least 4 members (excludes halogenated alkanes) is 1.